The van der Waals surface area contributed by atoms with Crippen molar-refractivity contribution < 1.29 is 174 Å². The lowest BCUT2D eigenvalue weighted by Gasteiger charge is -2.50. The molecule has 14 saturated heterocycles. The van der Waals surface area contributed by atoms with Crippen LogP contribution in [0.25, 0.3) is 0 Å². The Labute approximate surface area is 440 Å². The molecule has 14 rings (SSSR count). The van der Waals surface area contributed by atoms with Gasteiger partial charge in [0.05, 0.1) is 59.0 Å². The van der Waals surface area contributed by atoms with Gasteiger partial charge in [0.15, 0.2) is 44.0 Å². The van der Waals surface area contributed by atoms with Crippen LogP contribution in [0.5, 0.6) is 0 Å². The van der Waals surface area contributed by atoms with E-state index in [2.05, 4.69) is 0 Å². The van der Waals surface area contributed by atoms with Crippen molar-refractivity contribution >= 4 is 0 Å². The zero-order valence-corrected chi connectivity index (χ0v) is 41.0. The Morgan fingerprint density at radius 3 is 0.590 bits per heavy atom. The molecule has 454 valence electrons. The number of fused-ring (bicyclic) bond motifs is 6. The maximum atomic E-state index is 11.5. The first-order valence-corrected chi connectivity index (χ1v) is 25.1. The molecule has 14 unspecified atom stereocenters. The van der Waals surface area contributed by atoms with Crippen LogP contribution in [0, 0.1) is 5.92 Å². The molecular formula is C43H72O35. The first-order chi connectivity index (χ1) is 37.2. The van der Waals surface area contributed by atoms with E-state index in [1.807, 2.05) is 0 Å². The second kappa shape index (κ2) is 26.7. The number of hydrogen-bond acceptors (Lipinski definition) is 35. The molecule has 0 spiro atoms. The minimum absolute atomic E-state index is 0.648. The Hall–Kier alpha value is -1.40. The quantitative estimate of drug-likeness (QED) is 0.113. The fraction of sp³-hybridized carbons (Fsp3) is 1.00. The topological polar surface area (TPSA) is 554 Å². The van der Waals surface area contributed by atoms with Crippen molar-refractivity contribution in [2.24, 2.45) is 5.92 Å². The highest BCUT2D eigenvalue weighted by Crippen LogP contribution is 2.38. The normalized spacial score (nSPS) is 55.0. The summed E-state index contributed by atoms with van der Waals surface area (Å²) in [5, 5.41) is 231. The largest absolute Gasteiger partial charge is 0.396 e. The van der Waals surface area contributed by atoms with Crippen LogP contribution in [0.4, 0.5) is 0 Å². The molecule has 14 aliphatic heterocycles. The van der Waals surface area contributed by atoms with Crippen molar-refractivity contribution in [2.75, 3.05) is 52.9 Å². The molecule has 0 aromatic rings. The molecule has 0 aliphatic carbocycles. The fourth-order valence-corrected chi connectivity index (χ4v) is 10.6. The molecule has 21 N–H and O–H groups in total. The van der Waals surface area contributed by atoms with Gasteiger partial charge in [-0.3, -0.25) is 0 Å². The molecule has 35 heteroatoms. The highest BCUT2D eigenvalue weighted by atomic mass is 16.8. The standard InChI is InChI=1S/C43H72O35/c44-1-9-8-65-37-23(58)16(51)30(9)72-38-24(59)18(53)32(11(3-46)66-38)74-40-26(61)20(55)34(13(5-48)68-40)76-42-28(63)22(57)36(15(7-50)70-42)78-43-29(64)21(56)35(14(6-49)71-43)77-41-27(62)19(54)33(12(4-47)69-41)75-39-25(60)17(52)31(73-37)10(2-45)67-39/h9-64H,1-8H2/t9?,10?,11?,12?,13?,14?,15?,16?,17?,18?,19-,20-,21-,22-,23-,24-,25-,26?,27?,28?,29?,30-,31-,32-,33-,34-,35-,36-,37-,38-,39-,40-,41-,42-,43-/m1/s1. The Morgan fingerprint density at radius 1 is 0.205 bits per heavy atom. The minimum atomic E-state index is -2.22. The Bertz CT molecular complexity index is 1840. The summed E-state index contributed by atoms with van der Waals surface area (Å²) in [6.07, 6.45) is -68.3. The molecule has 14 aliphatic rings. The molecule has 0 aromatic carbocycles. The van der Waals surface area contributed by atoms with Gasteiger partial charge >= 0.3 is 0 Å². The average molecular weight is 1150 g/mol. The van der Waals surface area contributed by atoms with Gasteiger partial charge < -0.3 is 174 Å². The summed E-state index contributed by atoms with van der Waals surface area (Å²) in [7, 11) is 0. The molecule has 0 aromatic heterocycles. The van der Waals surface area contributed by atoms with Crippen molar-refractivity contribution in [3.05, 3.63) is 0 Å². The third-order valence-electron chi connectivity index (χ3n) is 15.1. The summed E-state index contributed by atoms with van der Waals surface area (Å²) in [4.78, 5) is 0. The van der Waals surface area contributed by atoms with Crippen LogP contribution in [0.2, 0.25) is 0 Å². The van der Waals surface area contributed by atoms with E-state index in [0.717, 1.165) is 0 Å². The lowest BCUT2D eigenvalue weighted by molar-refractivity contribution is -0.397. The number of aliphatic hydroxyl groups is 21. The van der Waals surface area contributed by atoms with Crippen LogP contribution in [0.1, 0.15) is 0 Å². The Morgan fingerprint density at radius 2 is 0.385 bits per heavy atom. The van der Waals surface area contributed by atoms with Gasteiger partial charge in [0, 0.05) is 5.92 Å². The summed E-state index contributed by atoms with van der Waals surface area (Å²) in [5.41, 5.74) is 0. The fourth-order valence-electron chi connectivity index (χ4n) is 10.6. The van der Waals surface area contributed by atoms with E-state index in [1.165, 1.54) is 0 Å². The zero-order chi connectivity index (χ0) is 56.8. The van der Waals surface area contributed by atoms with Gasteiger partial charge in [-0.1, -0.05) is 0 Å². The van der Waals surface area contributed by atoms with Crippen molar-refractivity contribution in [3.8, 4) is 0 Å². The summed E-state index contributed by atoms with van der Waals surface area (Å²) < 4.78 is 79.8. The molecule has 0 radical (unpaired) electrons. The number of ether oxygens (including phenoxy) is 14. The van der Waals surface area contributed by atoms with Gasteiger partial charge in [-0.05, 0) is 0 Å². The monoisotopic (exact) mass is 1150 g/mol. The molecule has 14 heterocycles. The summed E-state index contributed by atoms with van der Waals surface area (Å²) in [5.74, 6) is -1.33. The first-order valence-electron chi connectivity index (χ1n) is 25.1. The second-order valence-electron chi connectivity index (χ2n) is 20.1. The predicted molar refractivity (Wildman–Crippen MR) is 233 cm³/mol. The average Bonchev–Trinajstić information content (AvgIpc) is 3.67. The van der Waals surface area contributed by atoms with Gasteiger partial charge in [-0.25, -0.2) is 0 Å². The summed E-state index contributed by atoms with van der Waals surface area (Å²) in [6, 6.07) is 0. The van der Waals surface area contributed by atoms with E-state index in [4.69, 9.17) is 66.3 Å². The van der Waals surface area contributed by atoms with Crippen LogP contribution < -0.4 is 0 Å². The first kappa shape index (κ1) is 62.6. The van der Waals surface area contributed by atoms with E-state index < -0.39 is 268 Å². The molecule has 0 amide bonds. The Kier molecular flexibility index (Phi) is 21.4. The minimum Gasteiger partial charge on any atom is -0.396 e. The van der Waals surface area contributed by atoms with E-state index in [-0.39, 0.29) is 0 Å². The molecule has 14 bridgehead atoms. The third-order valence-corrected chi connectivity index (χ3v) is 15.1. The zero-order valence-electron chi connectivity index (χ0n) is 41.0. The van der Waals surface area contributed by atoms with Crippen molar-refractivity contribution in [1.29, 1.82) is 0 Å². The van der Waals surface area contributed by atoms with Crippen molar-refractivity contribution in [3.63, 3.8) is 0 Å². The maximum absolute atomic E-state index is 11.5. The van der Waals surface area contributed by atoms with E-state index in [9.17, 15) is 107 Å². The highest BCUT2D eigenvalue weighted by Gasteiger charge is 2.59. The third kappa shape index (κ3) is 12.3. The van der Waals surface area contributed by atoms with Crippen LogP contribution in [-0.4, -0.2) is 369 Å². The SMILES string of the molecule is OCC1CO[C@@H]2O[C@@H]3C(CO)O[C@H](O[C@@H]4C(CO)O[C@H](O[C@@H]5C(CO)O[C@H](O[C@@H]6C(CO)O[C@H](O[C@@H]7C(CO)O[C@H](O[C@@H]8C(CO)O[C@H](O[C@H]1C(O)[C@H]2O)[C@H](O)C8O)C(O)[C@H]7O)C(O)[C@H]6O)C(O)[C@H]5O)C(O)[C@H]4O)[C@H](O)C3O. The number of hydrogen-bond donors (Lipinski definition) is 21. The molecule has 0 saturated carbocycles. The molecule has 35 atom stereocenters. The van der Waals surface area contributed by atoms with E-state index in [1.54, 1.807) is 0 Å². The van der Waals surface area contributed by atoms with Crippen LogP contribution in [0.15, 0.2) is 0 Å². The molecule has 14 fully saturated rings. The smallest absolute Gasteiger partial charge is 0.187 e. The van der Waals surface area contributed by atoms with Gasteiger partial charge in [0.1, 0.15) is 159 Å². The van der Waals surface area contributed by atoms with Gasteiger partial charge in [0.25, 0.3) is 0 Å². The maximum Gasteiger partial charge on any atom is 0.187 e. The van der Waals surface area contributed by atoms with Crippen molar-refractivity contribution in [1.82, 2.24) is 0 Å². The molecular weight excluding hydrogens is 1080 g/mol. The lowest BCUT2D eigenvalue weighted by Crippen LogP contribution is -2.68. The van der Waals surface area contributed by atoms with Crippen LogP contribution in [0.3, 0.4) is 0 Å². The summed E-state index contributed by atoms with van der Waals surface area (Å²) in [6.45, 7) is -7.78. The van der Waals surface area contributed by atoms with E-state index in [0.29, 0.717) is 0 Å². The Balaban J connectivity index is 1.08. The number of aliphatic hydroxyl groups excluding tert-OH is 21. The van der Waals surface area contributed by atoms with Crippen LogP contribution >= 0.6 is 0 Å². The summed E-state index contributed by atoms with van der Waals surface area (Å²) >= 11 is 0. The lowest BCUT2D eigenvalue weighted by atomic mass is 9.94. The second-order valence-corrected chi connectivity index (χ2v) is 20.1. The van der Waals surface area contributed by atoms with Crippen LogP contribution in [-0.2, 0) is 66.3 Å². The molecule has 78 heavy (non-hydrogen) atoms. The van der Waals surface area contributed by atoms with Gasteiger partial charge in [0.2, 0.25) is 0 Å². The van der Waals surface area contributed by atoms with E-state index >= 15 is 0 Å². The van der Waals surface area contributed by atoms with Gasteiger partial charge in [-0.2, -0.15) is 0 Å². The van der Waals surface area contributed by atoms with Crippen molar-refractivity contribution in [2.45, 2.75) is 209 Å². The molecule has 35 nitrogen and oxygen atoms in total. The predicted octanol–water partition coefficient (Wildman–Crippen LogP) is -15.0. The number of rotatable bonds is 7. The van der Waals surface area contributed by atoms with Gasteiger partial charge in [-0.15, -0.1) is 0 Å². The highest BCUT2D eigenvalue weighted by molar-refractivity contribution is 5.01.